The van der Waals surface area contributed by atoms with Crippen LogP contribution >= 0.6 is 24.0 Å². The Morgan fingerprint density at radius 1 is 1.17 bits per heavy atom. The molecule has 2 N–H and O–H groups in total. The smallest absolute Gasteiger partial charge is 0.387 e. The normalized spacial score (nSPS) is 14.9. The Morgan fingerprint density at radius 2 is 1.79 bits per heavy atom. The van der Waals surface area contributed by atoms with E-state index in [0.717, 1.165) is 31.2 Å². The summed E-state index contributed by atoms with van der Waals surface area (Å²) in [6, 6.07) is 6.52. The highest BCUT2D eigenvalue weighted by molar-refractivity contribution is 14.0. The number of hydrogen-bond acceptors (Lipinski definition) is 3. The monoisotopic (exact) mass is 524 g/mol. The predicted molar refractivity (Wildman–Crippen MR) is 121 cm³/mol. The number of carbonyl (C=O) groups excluding carboxylic acids is 1. The van der Waals surface area contributed by atoms with Crippen LogP contribution < -0.4 is 15.4 Å². The van der Waals surface area contributed by atoms with Crippen molar-refractivity contribution in [3.05, 3.63) is 29.8 Å². The average Bonchev–Trinajstić information content (AvgIpc) is 2.69. The number of benzene rings is 1. The molecule has 0 aliphatic heterocycles. The largest absolute Gasteiger partial charge is 0.435 e. The highest BCUT2D eigenvalue weighted by Crippen LogP contribution is 2.23. The van der Waals surface area contributed by atoms with Gasteiger partial charge < -0.3 is 20.3 Å². The predicted octanol–water partition coefficient (Wildman–Crippen LogP) is 3.61. The Bertz CT molecular complexity index is 638. The Balaban J connectivity index is 0.00000420. The van der Waals surface area contributed by atoms with E-state index in [1.165, 1.54) is 18.6 Å². The summed E-state index contributed by atoms with van der Waals surface area (Å²) in [5, 5.41) is 6.21. The minimum atomic E-state index is -2.82. The first kappa shape index (κ1) is 25.4. The lowest BCUT2D eigenvalue weighted by atomic mass is 9.89. The van der Waals surface area contributed by atoms with E-state index in [2.05, 4.69) is 20.4 Å². The Labute approximate surface area is 188 Å². The maximum atomic E-state index is 12.2. The minimum Gasteiger partial charge on any atom is -0.435 e. The zero-order chi connectivity index (χ0) is 20.4. The zero-order valence-electron chi connectivity index (χ0n) is 17.0. The van der Waals surface area contributed by atoms with Crippen molar-refractivity contribution >= 4 is 35.8 Å². The fourth-order valence-electron chi connectivity index (χ4n) is 3.38. The van der Waals surface area contributed by atoms with Crippen LogP contribution in [0.5, 0.6) is 5.75 Å². The quantitative estimate of drug-likeness (QED) is 0.236. The summed E-state index contributed by atoms with van der Waals surface area (Å²) < 4.78 is 28.8. The molecular formula is C20H31F2IN4O2. The van der Waals surface area contributed by atoms with E-state index in [0.29, 0.717) is 25.6 Å². The second-order valence-corrected chi connectivity index (χ2v) is 6.98. The van der Waals surface area contributed by atoms with Crippen LogP contribution in [0.2, 0.25) is 0 Å². The second-order valence-electron chi connectivity index (χ2n) is 6.98. The summed E-state index contributed by atoms with van der Waals surface area (Å²) in [6.07, 6.45) is 5.50. The van der Waals surface area contributed by atoms with Crippen LogP contribution in [0.15, 0.2) is 29.3 Å². The Hall–Kier alpha value is -1.65. The number of nitrogens with one attached hydrogen (secondary N) is 2. The van der Waals surface area contributed by atoms with Gasteiger partial charge in [-0.3, -0.25) is 9.79 Å². The molecule has 1 aliphatic rings. The molecule has 29 heavy (non-hydrogen) atoms. The molecule has 1 saturated carbocycles. The molecule has 0 unspecified atom stereocenters. The van der Waals surface area contributed by atoms with Gasteiger partial charge in [0.25, 0.3) is 0 Å². The van der Waals surface area contributed by atoms with Crippen LogP contribution in [0, 0.1) is 5.92 Å². The van der Waals surface area contributed by atoms with Crippen LogP contribution in [0.1, 0.15) is 37.7 Å². The number of carbonyl (C=O) groups is 1. The second kappa shape index (κ2) is 13.6. The van der Waals surface area contributed by atoms with Crippen molar-refractivity contribution in [1.29, 1.82) is 0 Å². The molecule has 1 aromatic carbocycles. The fraction of sp³-hybridized carbons (Fsp3) is 0.600. The summed E-state index contributed by atoms with van der Waals surface area (Å²) in [5.41, 5.74) is 0.942. The lowest BCUT2D eigenvalue weighted by Gasteiger charge is -2.23. The zero-order valence-corrected chi connectivity index (χ0v) is 19.3. The summed E-state index contributed by atoms with van der Waals surface area (Å²) in [5.74, 6) is 1.14. The summed E-state index contributed by atoms with van der Waals surface area (Å²) in [6.45, 7) is -1.14. The molecule has 2 rings (SSSR count). The van der Waals surface area contributed by atoms with Crippen molar-refractivity contribution in [1.82, 2.24) is 15.5 Å². The number of alkyl halides is 2. The number of ether oxygens (including phenoxy) is 1. The number of guanidine groups is 1. The number of aliphatic imine (C=N–C) groups is 1. The number of hydrogen-bond donors (Lipinski definition) is 2. The van der Waals surface area contributed by atoms with E-state index in [-0.39, 0.29) is 41.6 Å². The molecule has 9 heteroatoms. The van der Waals surface area contributed by atoms with Gasteiger partial charge in [0, 0.05) is 39.6 Å². The van der Waals surface area contributed by atoms with Gasteiger partial charge in [-0.15, -0.1) is 24.0 Å². The third-order valence-electron chi connectivity index (χ3n) is 4.82. The summed E-state index contributed by atoms with van der Waals surface area (Å²) in [4.78, 5) is 18.3. The van der Waals surface area contributed by atoms with Gasteiger partial charge in [0.2, 0.25) is 5.91 Å². The molecule has 0 aromatic heterocycles. The van der Waals surface area contributed by atoms with Crippen molar-refractivity contribution in [2.45, 2.75) is 45.3 Å². The first-order valence-corrected chi connectivity index (χ1v) is 9.73. The van der Waals surface area contributed by atoms with E-state index >= 15 is 0 Å². The van der Waals surface area contributed by atoms with Gasteiger partial charge in [-0.1, -0.05) is 31.4 Å². The number of rotatable bonds is 8. The highest BCUT2D eigenvalue weighted by atomic mass is 127. The molecule has 0 atom stereocenters. The maximum Gasteiger partial charge on any atom is 0.387 e. The summed E-state index contributed by atoms with van der Waals surface area (Å²) >= 11 is 0. The van der Waals surface area contributed by atoms with Crippen molar-refractivity contribution in [3.8, 4) is 5.75 Å². The third kappa shape index (κ3) is 9.14. The lowest BCUT2D eigenvalue weighted by molar-refractivity contribution is -0.125. The van der Waals surface area contributed by atoms with Crippen LogP contribution in [0.3, 0.4) is 0 Å². The van der Waals surface area contributed by atoms with E-state index in [9.17, 15) is 13.6 Å². The third-order valence-corrected chi connectivity index (χ3v) is 4.82. The highest BCUT2D eigenvalue weighted by Gasteiger charge is 2.20. The fourth-order valence-corrected chi connectivity index (χ4v) is 3.38. The molecule has 0 spiro atoms. The van der Waals surface area contributed by atoms with E-state index in [1.807, 2.05) is 11.9 Å². The van der Waals surface area contributed by atoms with Gasteiger partial charge in [-0.05, 0) is 30.5 Å². The molecule has 1 fully saturated rings. The van der Waals surface area contributed by atoms with Crippen molar-refractivity contribution in [3.63, 3.8) is 0 Å². The SMILES string of the molecule is CN=C(NCCNC(=O)C1CCCCC1)N(C)Cc1ccc(OC(F)F)cc1.I. The average molecular weight is 524 g/mol. The standard InChI is InChI=1S/C20H30F2N4O2.HI/c1-23-20(25-13-12-24-18(27)16-6-4-3-5-7-16)26(2)14-15-8-10-17(11-9-15)28-19(21)22;/h8-11,16,19H,3-7,12-14H2,1-2H3,(H,23,25)(H,24,27);1H. The molecule has 1 aromatic rings. The molecule has 1 amide bonds. The van der Waals surface area contributed by atoms with Gasteiger partial charge in [0.15, 0.2) is 5.96 Å². The molecule has 6 nitrogen and oxygen atoms in total. The molecule has 0 heterocycles. The number of halogens is 3. The van der Waals surface area contributed by atoms with E-state index in [4.69, 9.17) is 0 Å². The Morgan fingerprint density at radius 3 is 2.38 bits per heavy atom. The molecule has 164 valence electrons. The van der Waals surface area contributed by atoms with Gasteiger partial charge in [-0.2, -0.15) is 8.78 Å². The maximum absolute atomic E-state index is 12.2. The van der Waals surface area contributed by atoms with E-state index < -0.39 is 6.61 Å². The van der Waals surface area contributed by atoms with Gasteiger partial charge in [-0.25, -0.2) is 0 Å². The summed E-state index contributed by atoms with van der Waals surface area (Å²) in [7, 11) is 3.58. The number of amides is 1. The van der Waals surface area contributed by atoms with Crippen LogP contribution in [0.25, 0.3) is 0 Å². The first-order valence-electron chi connectivity index (χ1n) is 9.73. The minimum absolute atomic E-state index is 0. The molecule has 1 aliphatic carbocycles. The van der Waals surface area contributed by atoms with Crippen LogP contribution in [-0.2, 0) is 11.3 Å². The van der Waals surface area contributed by atoms with Gasteiger partial charge in [0.1, 0.15) is 5.75 Å². The van der Waals surface area contributed by atoms with E-state index in [1.54, 1.807) is 19.2 Å². The first-order chi connectivity index (χ1) is 13.5. The van der Waals surface area contributed by atoms with Crippen molar-refractivity contribution < 1.29 is 18.3 Å². The van der Waals surface area contributed by atoms with Gasteiger partial charge in [0.05, 0.1) is 0 Å². The molecule has 0 bridgehead atoms. The lowest BCUT2D eigenvalue weighted by Crippen LogP contribution is -2.43. The van der Waals surface area contributed by atoms with Gasteiger partial charge >= 0.3 is 6.61 Å². The molecule has 0 radical (unpaired) electrons. The Kier molecular flexibility index (Phi) is 11.9. The number of nitrogens with zero attached hydrogens (tertiary/aromatic N) is 2. The van der Waals surface area contributed by atoms with Crippen LogP contribution in [0.4, 0.5) is 8.78 Å². The topological polar surface area (TPSA) is 66.0 Å². The van der Waals surface area contributed by atoms with Crippen LogP contribution in [-0.4, -0.2) is 50.6 Å². The molecule has 0 saturated heterocycles. The van der Waals surface area contributed by atoms with Crippen molar-refractivity contribution in [2.24, 2.45) is 10.9 Å². The van der Waals surface area contributed by atoms with Crippen molar-refractivity contribution in [2.75, 3.05) is 27.2 Å². The molecular weight excluding hydrogens is 493 g/mol.